The van der Waals surface area contributed by atoms with E-state index < -0.39 is 8.07 Å². The zero-order chi connectivity index (χ0) is 12.0. The molecule has 0 heterocycles. The van der Waals surface area contributed by atoms with Crippen molar-refractivity contribution in [3.63, 3.8) is 0 Å². The van der Waals surface area contributed by atoms with Gasteiger partial charge in [0.1, 0.15) is 6.29 Å². The van der Waals surface area contributed by atoms with Gasteiger partial charge in [-0.05, 0) is 56.9 Å². The second-order valence-corrected chi connectivity index (χ2v) is 9.76. The molecule has 90 valence electrons. The fourth-order valence-corrected chi connectivity index (χ4v) is 3.15. The Balaban J connectivity index is 0.000000360. The standard InChI is InChI=1S/C9H13OSi.C5H5.Fe/c1-11(2,3)9-6-4-5-8(9)7-10;1-2-4-5-3-1;/h4-7H,1-3H3;1-5H;/q;;+2. The van der Waals surface area contributed by atoms with Gasteiger partial charge in [0, 0.05) is 5.92 Å². The Bertz CT molecular complexity index is 201. The minimum Gasteiger partial charge on any atom is -0.303 e. The third-order valence-electron chi connectivity index (χ3n) is 2.34. The summed E-state index contributed by atoms with van der Waals surface area (Å²) in [5.41, 5.74) is 1.27. The first-order valence-corrected chi connectivity index (χ1v) is 8.94. The average molecular weight is 286 g/mol. The van der Waals surface area contributed by atoms with Gasteiger partial charge in [-0.3, -0.25) is 0 Å². The minimum absolute atomic E-state index is 0. The molecule has 1 nitrogen and oxygen atoms in total. The van der Waals surface area contributed by atoms with Gasteiger partial charge in [-0.1, -0.05) is 19.6 Å². The predicted molar refractivity (Wildman–Crippen MR) is 70.3 cm³/mol. The zero-order valence-corrected chi connectivity index (χ0v) is 12.6. The summed E-state index contributed by atoms with van der Waals surface area (Å²) in [6.07, 6.45) is 16.9. The van der Waals surface area contributed by atoms with Crippen LogP contribution in [-0.2, 0) is 21.9 Å². The number of rotatable bonds is 2. The third kappa shape index (κ3) is 6.22. The van der Waals surface area contributed by atoms with Gasteiger partial charge in [-0.2, -0.15) is 0 Å². The summed E-state index contributed by atoms with van der Waals surface area (Å²) >= 11 is 0. The molecule has 17 heavy (non-hydrogen) atoms. The van der Waals surface area contributed by atoms with Gasteiger partial charge in [0.25, 0.3) is 0 Å². The van der Waals surface area contributed by atoms with E-state index >= 15 is 0 Å². The van der Waals surface area contributed by atoms with Crippen molar-refractivity contribution in [2.75, 3.05) is 0 Å². The number of carbonyl (C=O) groups is 1. The summed E-state index contributed by atoms with van der Waals surface area (Å²) in [6, 6.07) is 0. The quantitative estimate of drug-likeness (QED) is 0.563. The second kappa shape index (κ2) is 8.50. The average Bonchev–Trinajstić information content (AvgIpc) is 2.91. The Morgan fingerprint density at radius 1 is 0.882 bits per heavy atom. The molecule has 0 aromatic rings. The molecule has 0 bridgehead atoms. The maximum absolute atomic E-state index is 10.6. The van der Waals surface area contributed by atoms with E-state index in [1.165, 1.54) is 5.54 Å². The number of carbonyl (C=O) groups excluding carboxylic acids is 1. The monoisotopic (exact) mass is 286 g/mol. The first kappa shape index (κ1) is 17.4. The van der Waals surface area contributed by atoms with Gasteiger partial charge in [-0.15, -0.1) is 0 Å². The Morgan fingerprint density at radius 3 is 1.65 bits per heavy atom. The fraction of sp³-hybridized carbons (Fsp3) is 0.214. The largest absolute Gasteiger partial charge is 2.00 e. The van der Waals surface area contributed by atoms with Crippen molar-refractivity contribution in [2.45, 2.75) is 19.6 Å². The van der Waals surface area contributed by atoms with E-state index in [0.717, 1.165) is 12.2 Å². The Morgan fingerprint density at radius 2 is 1.35 bits per heavy atom. The van der Waals surface area contributed by atoms with E-state index in [-0.39, 0.29) is 17.1 Å². The fourth-order valence-electron chi connectivity index (χ4n) is 1.54. The van der Waals surface area contributed by atoms with Crippen LogP contribution in [0.15, 0.2) is 0 Å². The molecule has 2 aliphatic rings. The van der Waals surface area contributed by atoms with E-state index in [4.69, 9.17) is 0 Å². The van der Waals surface area contributed by atoms with E-state index in [9.17, 15) is 4.79 Å². The van der Waals surface area contributed by atoms with E-state index in [2.05, 4.69) is 26.1 Å². The van der Waals surface area contributed by atoms with Gasteiger partial charge in [-0.25, -0.2) is 0 Å². The molecule has 0 spiro atoms. The Kier molecular flexibility index (Phi) is 8.70. The van der Waals surface area contributed by atoms with Crippen LogP contribution in [0.1, 0.15) is 0 Å². The van der Waals surface area contributed by atoms with Crippen molar-refractivity contribution in [1.82, 2.24) is 0 Å². The molecule has 0 atom stereocenters. The van der Waals surface area contributed by atoms with Crippen LogP contribution < -0.4 is 0 Å². The maximum Gasteiger partial charge on any atom is 2.00 e. The zero-order valence-electron chi connectivity index (χ0n) is 10.5. The predicted octanol–water partition coefficient (Wildman–Crippen LogP) is 2.86. The van der Waals surface area contributed by atoms with Gasteiger partial charge < -0.3 is 4.79 Å². The molecular weight excluding hydrogens is 268 g/mol. The number of hydrogen-bond acceptors (Lipinski definition) is 1. The van der Waals surface area contributed by atoms with Gasteiger partial charge in [0.2, 0.25) is 0 Å². The van der Waals surface area contributed by atoms with Crippen molar-refractivity contribution < 1.29 is 21.9 Å². The molecule has 10 radical (unpaired) electrons. The van der Waals surface area contributed by atoms with Gasteiger partial charge >= 0.3 is 17.1 Å². The van der Waals surface area contributed by atoms with Gasteiger partial charge in [0.15, 0.2) is 0 Å². The molecule has 0 saturated heterocycles. The molecule has 0 amide bonds. The van der Waals surface area contributed by atoms with Crippen LogP contribution in [-0.4, -0.2) is 14.4 Å². The first-order chi connectivity index (χ1) is 7.55. The minimum atomic E-state index is -1.28. The molecule has 2 fully saturated rings. The SMILES string of the molecule is C[Si](C)(C)[C]1[CH][CH][CH][C]1C=O.[CH]1[CH][CH][CH][CH]1.[Fe+2]. The molecule has 0 aromatic heterocycles. The molecule has 3 heteroatoms. The Hall–Kier alpha value is 0.406. The summed E-state index contributed by atoms with van der Waals surface area (Å²) in [6.45, 7) is 6.74. The third-order valence-corrected chi connectivity index (χ3v) is 4.41. The van der Waals surface area contributed by atoms with Crippen LogP contribution in [0.4, 0.5) is 0 Å². The molecule has 0 unspecified atom stereocenters. The van der Waals surface area contributed by atoms with Crippen molar-refractivity contribution in [3.05, 3.63) is 62.8 Å². The summed E-state index contributed by atoms with van der Waals surface area (Å²) < 4.78 is 0. The summed E-state index contributed by atoms with van der Waals surface area (Å²) in [7, 11) is -1.28. The van der Waals surface area contributed by atoms with Crippen LogP contribution in [0.25, 0.3) is 0 Å². The van der Waals surface area contributed by atoms with Crippen LogP contribution in [0.5, 0.6) is 0 Å². The Labute approximate surface area is 119 Å². The molecule has 0 aromatic carbocycles. The summed E-state index contributed by atoms with van der Waals surface area (Å²) in [5, 5.41) is 0. The van der Waals surface area contributed by atoms with Crippen molar-refractivity contribution >= 4 is 14.4 Å². The van der Waals surface area contributed by atoms with Crippen molar-refractivity contribution in [3.8, 4) is 0 Å². The first-order valence-electron chi connectivity index (χ1n) is 5.44. The molecule has 0 N–H and O–H groups in total. The van der Waals surface area contributed by atoms with Crippen LogP contribution >= 0.6 is 0 Å². The molecule has 2 aliphatic carbocycles. The van der Waals surface area contributed by atoms with E-state index in [1.54, 1.807) is 0 Å². The summed E-state index contributed by atoms with van der Waals surface area (Å²) in [4.78, 5) is 10.6. The van der Waals surface area contributed by atoms with E-state index in [1.807, 2.05) is 44.9 Å². The second-order valence-electron chi connectivity index (χ2n) is 4.72. The van der Waals surface area contributed by atoms with Crippen LogP contribution in [0, 0.1) is 62.8 Å². The normalized spacial score (nSPS) is 21.6. The van der Waals surface area contributed by atoms with Crippen LogP contribution in [0.2, 0.25) is 19.6 Å². The van der Waals surface area contributed by atoms with Crippen molar-refractivity contribution in [2.24, 2.45) is 0 Å². The molecular formula is C14H18FeOSi+2. The number of hydrogen-bond donors (Lipinski definition) is 0. The van der Waals surface area contributed by atoms with E-state index in [0.29, 0.717) is 0 Å². The summed E-state index contributed by atoms with van der Waals surface area (Å²) in [5.74, 6) is 0.879. The van der Waals surface area contributed by atoms with Crippen molar-refractivity contribution in [1.29, 1.82) is 0 Å². The van der Waals surface area contributed by atoms with Crippen LogP contribution in [0.3, 0.4) is 0 Å². The maximum atomic E-state index is 10.6. The molecule has 2 saturated carbocycles. The van der Waals surface area contributed by atoms with Gasteiger partial charge in [0.05, 0.1) is 8.07 Å². The topological polar surface area (TPSA) is 17.1 Å². The molecule has 0 aliphatic heterocycles. The molecule has 2 rings (SSSR count). The number of aldehydes is 1. The smallest absolute Gasteiger partial charge is 0.303 e.